The van der Waals surface area contributed by atoms with E-state index in [2.05, 4.69) is 47.8 Å². The maximum absolute atomic E-state index is 11.7. The van der Waals surface area contributed by atoms with Gasteiger partial charge in [-0.3, -0.25) is 9.59 Å². The summed E-state index contributed by atoms with van der Waals surface area (Å²) in [5.74, 6) is -0.169. The number of hydrogen-bond acceptors (Lipinski definition) is 2. The molecule has 1 aromatic carbocycles. The molecule has 0 heterocycles. The fraction of sp³-hybridized carbons (Fsp3) is 0. The summed E-state index contributed by atoms with van der Waals surface area (Å²) in [5, 5.41) is 0. The lowest BCUT2D eigenvalue weighted by Crippen LogP contribution is -1.98. The smallest absolute Gasteiger partial charge is 0.201 e. The molecule has 0 aliphatic heterocycles. The molecular formula is C10H3Br3O2. The van der Waals surface area contributed by atoms with Crippen molar-refractivity contribution in [3.8, 4) is 0 Å². The summed E-state index contributed by atoms with van der Waals surface area (Å²) < 4.78 is 1.79. The second kappa shape index (κ2) is 3.96. The fourth-order valence-corrected chi connectivity index (χ4v) is 2.75. The predicted molar refractivity (Wildman–Crippen MR) is 69.5 cm³/mol. The number of rotatable bonds is 0. The zero-order chi connectivity index (χ0) is 11.2. The highest BCUT2D eigenvalue weighted by molar-refractivity contribution is 9.16. The number of carbonyl (C=O) groups excluding carboxylic acids is 1. The number of allylic oxidation sites excluding steroid dienone is 1. The highest BCUT2D eigenvalue weighted by Gasteiger charge is 2.26. The van der Waals surface area contributed by atoms with Gasteiger partial charge in [0.15, 0.2) is 5.43 Å². The highest BCUT2D eigenvalue weighted by atomic mass is 79.9. The molecule has 1 aliphatic rings. The van der Waals surface area contributed by atoms with E-state index in [1.807, 2.05) is 0 Å². The van der Waals surface area contributed by atoms with Crippen LogP contribution in [0.5, 0.6) is 0 Å². The Morgan fingerprint density at radius 3 is 2.13 bits per heavy atom. The van der Waals surface area contributed by atoms with Crippen molar-refractivity contribution < 1.29 is 4.79 Å². The van der Waals surface area contributed by atoms with E-state index in [0.717, 1.165) is 5.56 Å². The van der Waals surface area contributed by atoms with Crippen molar-refractivity contribution in [1.82, 2.24) is 0 Å². The Kier molecular flexibility index (Phi) is 2.96. The number of fused-ring (bicyclic) bond motifs is 1. The Bertz CT molecular complexity index is 561. The van der Waals surface area contributed by atoms with E-state index >= 15 is 0 Å². The van der Waals surface area contributed by atoms with Crippen molar-refractivity contribution >= 4 is 58.1 Å². The molecule has 76 valence electrons. The average molecular weight is 395 g/mol. The lowest BCUT2D eigenvalue weighted by Gasteiger charge is -1.91. The minimum atomic E-state index is -0.195. The van der Waals surface area contributed by atoms with Crippen molar-refractivity contribution in [1.29, 1.82) is 0 Å². The molecule has 0 saturated carbocycles. The first-order valence-electron chi connectivity index (χ1n) is 3.96. The molecule has 0 fully saturated rings. The van der Waals surface area contributed by atoms with Crippen molar-refractivity contribution in [3.63, 3.8) is 0 Å². The molecule has 2 rings (SSSR count). The monoisotopic (exact) mass is 392 g/mol. The van der Waals surface area contributed by atoms with Crippen LogP contribution in [0.1, 0.15) is 15.9 Å². The van der Waals surface area contributed by atoms with Gasteiger partial charge in [0.25, 0.3) is 0 Å². The molecular weight excluding hydrogens is 392 g/mol. The van der Waals surface area contributed by atoms with Gasteiger partial charge in [-0.05, 0) is 50.1 Å². The minimum absolute atomic E-state index is 0.169. The van der Waals surface area contributed by atoms with Crippen molar-refractivity contribution in [2.75, 3.05) is 0 Å². The van der Waals surface area contributed by atoms with Gasteiger partial charge in [0.2, 0.25) is 5.78 Å². The largest absolute Gasteiger partial charge is 0.290 e. The highest BCUT2D eigenvalue weighted by Crippen LogP contribution is 2.39. The summed E-state index contributed by atoms with van der Waals surface area (Å²) in [7, 11) is 0. The zero-order valence-corrected chi connectivity index (χ0v) is 11.9. The van der Waals surface area contributed by atoms with E-state index in [9.17, 15) is 9.59 Å². The summed E-state index contributed by atoms with van der Waals surface area (Å²) in [6, 6.07) is 4.52. The molecule has 0 N–H and O–H groups in total. The third-order valence-corrected chi connectivity index (χ3v) is 4.58. The standard InChI is InChI=1S/C10H3Br3O2/c11-4-1-5(14)3-7-6(2-4)8(12)9(13)10(7)15/h1-3H. The van der Waals surface area contributed by atoms with Gasteiger partial charge >= 0.3 is 0 Å². The van der Waals surface area contributed by atoms with Gasteiger partial charge in [-0.25, -0.2) is 0 Å². The third kappa shape index (κ3) is 1.88. The lowest BCUT2D eigenvalue weighted by molar-refractivity contribution is 0.104. The van der Waals surface area contributed by atoms with Crippen LogP contribution < -0.4 is 5.43 Å². The van der Waals surface area contributed by atoms with E-state index in [-0.39, 0.29) is 11.2 Å². The van der Waals surface area contributed by atoms with E-state index in [1.54, 1.807) is 6.07 Å². The lowest BCUT2D eigenvalue weighted by atomic mass is 10.2. The molecule has 0 bridgehead atoms. The molecule has 0 amide bonds. The number of Topliss-reactive ketones (excluding diaryl/α,β-unsaturated/α-hetero) is 1. The second-order valence-corrected chi connectivity index (χ2v) is 5.51. The Morgan fingerprint density at radius 2 is 1.47 bits per heavy atom. The van der Waals surface area contributed by atoms with Gasteiger partial charge in [0.05, 0.1) is 4.48 Å². The Hall–Kier alpha value is -0.260. The Balaban J connectivity index is 2.88. The van der Waals surface area contributed by atoms with E-state index in [1.165, 1.54) is 12.1 Å². The number of carbonyl (C=O) groups is 1. The molecule has 1 aliphatic carbocycles. The van der Waals surface area contributed by atoms with Gasteiger partial charge in [0.1, 0.15) is 0 Å². The number of halogens is 3. The van der Waals surface area contributed by atoms with Crippen LogP contribution in [0.4, 0.5) is 0 Å². The van der Waals surface area contributed by atoms with E-state index < -0.39 is 0 Å². The molecule has 1 aromatic rings. The molecule has 0 radical (unpaired) electrons. The van der Waals surface area contributed by atoms with Crippen LogP contribution in [0.25, 0.3) is 4.48 Å². The fourth-order valence-electron chi connectivity index (χ4n) is 1.36. The van der Waals surface area contributed by atoms with Crippen LogP contribution in [-0.4, -0.2) is 5.78 Å². The van der Waals surface area contributed by atoms with Gasteiger partial charge < -0.3 is 0 Å². The van der Waals surface area contributed by atoms with Gasteiger partial charge in [-0.2, -0.15) is 0 Å². The quantitative estimate of drug-likeness (QED) is 0.675. The van der Waals surface area contributed by atoms with Crippen LogP contribution >= 0.6 is 47.8 Å². The molecule has 15 heavy (non-hydrogen) atoms. The number of hydrogen-bond donors (Lipinski definition) is 0. The van der Waals surface area contributed by atoms with Gasteiger partial charge in [0, 0.05) is 20.1 Å². The van der Waals surface area contributed by atoms with Crippen molar-refractivity contribution in [2.45, 2.75) is 0 Å². The van der Waals surface area contributed by atoms with Crippen LogP contribution in [-0.2, 0) is 0 Å². The first kappa shape index (κ1) is 11.2. The Labute approximate surface area is 111 Å². The third-order valence-electron chi connectivity index (χ3n) is 2.01. The minimum Gasteiger partial charge on any atom is -0.290 e. The second-order valence-electron chi connectivity index (χ2n) is 3.00. The van der Waals surface area contributed by atoms with Crippen LogP contribution in [0.3, 0.4) is 0 Å². The Morgan fingerprint density at radius 1 is 0.800 bits per heavy atom. The molecule has 0 aromatic heterocycles. The van der Waals surface area contributed by atoms with E-state index in [0.29, 0.717) is 19.0 Å². The van der Waals surface area contributed by atoms with Crippen LogP contribution in [0, 0.1) is 0 Å². The van der Waals surface area contributed by atoms with Crippen LogP contribution in [0.15, 0.2) is 31.9 Å². The first-order chi connectivity index (χ1) is 7.00. The topological polar surface area (TPSA) is 34.1 Å². The zero-order valence-electron chi connectivity index (χ0n) is 7.18. The van der Waals surface area contributed by atoms with Gasteiger partial charge in [-0.15, -0.1) is 0 Å². The summed E-state index contributed by atoms with van der Waals surface area (Å²) in [4.78, 5) is 23.1. The van der Waals surface area contributed by atoms with Crippen LogP contribution in [0.2, 0.25) is 0 Å². The predicted octanol–water partition coefficient (Wildman–Crippen LogP) is 3.46. The summed E-state index contributed by atoms with van der Waals surface area (Å²) in [6.45, 7) is 0. The first-order valence-corrected chi connectivity index (χ1v) is 6.34. The normalized spacial score (nSPS) is 14.5. The number of ketones is 1. The van der Waals surface area contributed by atoms with Gasteiger partial charge in [-0.1, -0.05) is 15.9 Å². The average Bonchev–Trinajstić information content (AvgIpc) is 2.36. The maximum Gasteiger partial charge on any atom is 0.201 e. The molecule has 5 heteroatoms. The molecule has 0 saturated heterocycles. The summed E-state index contributed by atoms with van der Waals surface area (Å²) >= 11 is 9.73. The summed E-state index contributed by atoms with van der Waals surface area (Å²) in [5.41, 5.74) is 0.948. The SMILES string of the molecule is O=C1C(Br)=C(Br)c2cc(Br)cc(=O)cc21. The van der Waals surface area contributed by atoms with E-state index in [4.69, 9.17) is 0 Å². The molecule has 0 atom stereocenters. The molecule has 2 nitrogen and oxygen atoms in total. The van der Waals surface area contributed by atoms with Crippen molar-refractivity contribution in [2.24, 2.45) is 0 Å². The molecule has 0 unspecified atom stereocenters. The maximum atomic E-state index is 11.7. The van der Waals surface area contributed by atoms with Crippen molar-refractivity contribution in [3.05, 3.63) is 48.5 Å². The molecule has 0 spiro atoms. The summed E-state index contributed by atoms with van der Waals surface area (Å²) in [6.07, 6.45) is 0.